The Labute approximate surface area is 138 Å². The van der Waals surface area contributed by atoms with Crippen LogP contribution in [-0.2, 0) is 11.4 Å². The lowest BCUT2D eigenvalue weighted by Crippen LogP contribution is -1.95. The second kappa shape index (κ2) is 7.84. The van der Waals surface area contributed by atoms with Gasteiger partial charge in [-0.3, -0.25) is 0 Å². The maximum Gasteiger partial charge on any atom is 0.161 e. The summed E-state index contributed by atoms with van der Waals surface area (Å²) in [5, 5.41) is 4.02. The van der Waals surface area contributed by atoms with Gasteiger partial charge in [-0.1, -0.05) is 45.4 Å². The molecule has 2 aromatic rings. The van der Waals surface area contributed by atoms with Gasteiger partial charge in [0, 0.05) is 10.0 Å². The minimum atomic E-state index is 0.337. The van der Waals surface area contributed by atoms with Crippen LogP contribution in [0.25, 0.3) is 0 Å². The van der Waals surface area contributed by atoms with Gasteiger partial charge in [0.1, 0.15) is 6.61 Å². The molecule has 116 valence electrons. The van der Waals surface area contributed by atoms with E-state index < -0.39 is 0 Å². The van der Waals surface area contributed by atoms with Crippen molar-refractivity contribution in [1.82, 2.24) is 0 Å². The lowest BCUT2D eigenvalue weighted by Gasteiger charge is -2.11. The molecule has 0 saturated heterocycles. The van der Waals surface area contributed by atoms with Gasteiger partial charge in [-0.15, -0.1) is 0 Å². The van der Waals surface area contributed by atoms with Crippen LogP contribution in [0, 0.1) is 6.92 Å². The number of benzene rings is 2. The molecule has 0 N–H and O–H groups in total. The molecule has 0 heterocycles. The fourth-order valence-electron chi connectivity index (χ4n) is 1.94. The third-order valence-corrected chi connectivity index (χ3v) is 3.97. The first kappa shape index (κ1) is 16.4. The van der Waals surface area contributed by atoms with Crippen LogP contribution in [0.2, 0.25) is 0 Å². The number of oxime groups is 1. The molecule has 22 heavy (non-hydrogen) atoms. The van der Waals surface area contributed by atoms with E-state index in [1.165, 1.54) is 0 Å². The molecule has 0 unspecified atom stereocenters. The van der Waals surface area contributed by atoms with Crippen molar-refractivity contribution in [3.05, 3.63) is 57.6 Å². The van der Waals surface area contributed by atoms with Gasteiger partial charge >= 0.3 is 0 Å². The maximum absolute atomic E-state index is 5.38. The summed E-state index contributed by atoms with van der Waals surface area (Å²) in [5.41, 5.74) is 3.12. The summed E-state index contributed by atoms with van der Waals surface area (Å²) in [6.45, 7) is 2.37. The Hall–Kier alpha value is -2.01. The van der Waals surface area contributed by atoms with Crippen molar-refractivity contribution < 1.29 is 14.3 Å². The molecule has 0 aliphatic heterocycles. The number of hydrogen-bond acceptors (Lipinski definition) is 4. The topological polar surface area (TPSA) is 40.0 Å². The summed E-state index contributed by atoms with van der Waals surface area (Å²) in [6.07, 6.45) is 1.71. The van der Waals surface area contributed by atoms with Gasteiger partial charge in [0.05, 0.1) is 20.4 Å². The fourth-order valence-corrected chi connectivity index (χ4v) is 2.38. The van der Waals surface area contributed by atoms with Crippen LogP contribution < -0.4 is 9.47 Å². The predicted molar refractivity (Wildman–Crippen MR) is 90.8 cm³/mol. The third kappa shape index (κ3) is 4.01. The lowest BCUT2D eigenvalue weighted by atomic mass is 10.1. The first-order chi connectivity index (χ1) is 10.7. The molecule has 0 atom stereocenters. The van der Waals surface area contributed by atoms with E-state index in [9.17, 15) is 0 Å². The van der Waals surface area contributed by atoms with Crippen LogP contribution >= 0.6 is 15.9 Å². The Kier molecular flexibility index (Phi) is 5.83. The van der Waals surface area contributed by atoms with Crippen molar-refractivity contribution in [2.75, 3.05) is 14.2 Å². The zero-order valence-electron chi connectivity index (χ0n) is 12.8. The van der Waals surface area contributed by atoms with E-state index >= 15 is 0 Å². The summed E-state index contributed by atoms with van der Waals surface area (Å²) in [6, 6.07) is 11.7. The Balaban J connectivity index is 2.04. The molecule has 0 bridgehead atoms. The Bertz CT molecular complexity index is 671. The monoisotopic (exact) mass is 363 g/mol. The SMILES string of the molecule is COc1cc(Br)c(CO/N=C\c2ccccc2C)cc1OC. The number of methoxy groups -OCH3 is 2. The highest BCUT2D eigenvalue weighted by atomic mass is 79.9. The highest BCUT2D eigenvalue weighted by Crippen LogP contribution is 2.33. The van der Waals surface area contributed by atoms with E-state index in [1.807, 2.05) is 43.3 Å². The van der Waals surface area contributed by atoms with Gasteiger partial charge in [-0.2, -0.15) is 0 Å². The van der Waals surface area contributed by atoms with Gasteiger partial charge in [-0.25, -0.2) is 0 Å². The minimum absolute atomic E-state index is 0.337. The number of aryl methyl sites for hydroxylation is 1. The van der Waals surface area contributed by atoms with Crippen LogP contribution in [0.3, 0.4) is 0 Å². The third-order valence-electron chi connectivity index (χ3n) is 3.23. The highest BCUT2D eigenvalue weighted by molar-refractivity contribution is 9.10. The normalized spacial score (nSPS) is 10.7. The average molecular weight is 364 g/mol. The van der Waals surface area contributed by atoms with Crippen molar-refractivity contribution in [2.45, 2.75) is 13.5 Å². The number of nitrogens with zero attached hydrogens (tertiary/aromatic N) is 1. The first-order valence-electron chi connectivity index (χ1n) is 6.77. The first-order valence-corrected chi connectivity index (χ1v) is 7.56. The van der Waals surface area contributed by atoms with E-state index in [0.717, 1.165) is 21.2 Å². The average Bonchev–Trinajstić information content (AvgIpc) is 2.53. The van der Waals surface area contributed by atoms with E-state index in [2.05, 4.69) is 21.1 Å². The summed E-state index contributed by atoms with van der Waals surface area (Å²) >= 11 is 3.49. The summed E-state index contributed by atoms with van der Waals surface area (Å²) < 4.78 is 11.4. The molecule has 0 aromatic heterocycles. The molecular formula is C17H18BrNO3. The molecule has 0 amide bonds. The standard InChI is InChI=1S/C17H18BrNO3/c1-12-6-4-5-7-13(12)10-19-22-11-14-8-16(20-2)17(21-3)9-15(14)18/h4-10H,11H2,1-3H3/b19-10-. The summed E-state index contributed by atoms with van der Waals surface area (Å²) in [7, 11) is 3.21. The molecule has 0 saturated carbocycles. The molecule has 0 radical (unpaired) electrons. The zero-order chi connectivity index (χ0) is 15.9. The van der Waals surface area contributed by atoms with Crippen molar-refractivity contribution in [3.63, 3.8) is 0 Å². The molecule has 0 aliphatic rings. The number of ether oxygens (including phenoxy) is 2. The van der Waals surface area contributed by atoms with E-state index in [4.69, 9.17) is 14.3 Å². The molecule has 2 rings (SSSR count). The molecule has 4 nitrogen and oxygen atoms in total. The van der Waals surface area contributed by atoms with Gasteiger partial charge in [0.2, 0.25) is 0 Å². The fraction of sp³-hybridized carbons (Fsp3) is 0.235. The molecule has 2 aromatic carbocycles. The minimum Gasteiger partial charge on any atom is -0.493 e. The maximum atomic E-state index is 5.38. The van der Waals surface area contributed by atoms with Crippen LogP contribution in [0.4, 0.5) is 0 Å². The van der Waals surface area contributed by atoms with Crippen molar-refractivity contribution in [3.8, 4) is 11.5 Å². The predicted octanol–water partition coefficient (Wildman–Crippen LogP) is 4.33. The number of rotatable bonds is 6. The summed E-state index contributed by atoms with van der Waals surface area (Å²) in [5.74, 6) is 1.33. The van der Waals surface area contributed by atoms with Crippen molar-refractivity contribution in [1.29, 1.82) is 0 Å². The van der Waals surface area contributed by atoms with Crippen molar-refractivity contribution in [2.24, 2.45) is 5.16 Å². The van der Waals surface area contributed by atoms with E-state index in [0.29, 0.717) is 18.1 Å². The van der Waals surface area contributed by atoms with Gasteiger partial charge in [0.25, 0.3) is 0 Å². The number of hydrogen-bond donors (Lipinski definition) is 0. The zero-order valence-corrected chi connectivity index (χ0v) is 14.4. The van der Waals surface area contributed by atoms with Gasteiger partial charge < -0.3 is 14.3 Å². The van der Waals surface area contributed by atoms with Crippen LogP contribution in [-0.4, -0.2) is 20.4 Å². The molecule has 0 aliphatic carbocycles. The highest BCUT2D eigenvalue weighted by Gasteiger charge is 2.09. The molecule has 0 fully saturated rings. The van der Waals surface area contributed by atoms with Crippen LogP contribution in [0.5, 0.6) is 11.5 Å². The van der Waals surface area contributed by atoms with E-state index in [1.54, 1.807) is 20.4 Å². The van der Waals surface area contributed by atoms with Gasteiger partial charge in [-0.05, 0) is 30.2 Å². The molecule has 5 heteroatoms. The van der Waals surface area contributed by atoms with Crippen LogP contribution in [0.15, 0.2) is 46.0 Å². The molecular weight excluding hydrogens is 346 g/mol. The Morgan fingerprint density at radius 3 is 2.45 bits per heavy atom. The second-order valence-electron chi connectivity index (χ2n) is 4.66. The van der Waals surface area contributed by atoms with Crippen LogP contribution in [0.1, 0.15) is 16.7 Å². The second-order valence-corrected chi connectivity index (χ2v) is 5.52. The largest absolute Gasteiger partial charge is 0.493 e. The molecule has 0 spiro atoms. The van der Waals surface area contributed by atoms with Crippen molar-refractivity contribution >= 4 is 22.1 Å². The lowest BCUT2D eigenvalue weighted by molar-refractivity contribution is 0.131. The Morgan fingerprint density at radius 2 is 1.77 bits per heavy atom. The quantitative estimate of drug-likeness (QED) is 0.566. The smallest absolute Gasteiger partial charge is 0.161 e. The number of halogens is 1. The summed E-state index contributed by atoms with van der Waals surface area (Å²) in [4.78, 5) is 5.38. The van der Waals surface area contributed by atoms with Gasteiger partial charge in [0.15, 0.2) is 11.5 Å². The van der Waals surface area contributed by atoms with E-state index in [-0.39, 0.29) is 0 Å². The Morgan fingerprint density at radius 1 is 1.09 bits per heavy atom.